The number of carbonyl (C=O) groups is 3. The zero-order valence-corrected chi connectivity index (χ0v) is 16.8. The number of carboxylic acids is 1. The maximum Gasteiger partial charge on any atom is 0.258 e. The van der Waals surface area contributed by atoms with Gasteiger partial charge in [0.2, 0.25) is 5.78 Å². The van der Waals surface area contributed by atoms with Gasteiger partial charge < -0.3 is 29.8 Å². The Balaban J connectivity index is 1.91. The monoisotopic (exact) mass is 414 g/mol. The number of hydrogen-bond acceptors (Lipinski definition) is 7. The molecule has 0 aromatic heterocycles. The normalized spacial score (nSPS) is 12.5. The summed E-state index contributed by atoms with van der Waals surface area (Å²) in [5.74, 6) is -2.37. The van der Waals surface area contributed by atoms with E-state index in [1.165, 1.54) is 18.2 Å². The number of phenols is 1. The van der Waals surface area contributed by atoms with Crippen LogP contribution in [0.15, 0.2) is 48.5 Å². The van der Waals surface area contributed by atoms with Crippen LogP contribution in [0.2, 0.25) is 0 Å². The van der Waals surface area contributed by atoms with Crippen LogP contribution in [0, 0.1) is 5.92 Å². The van der Waals surface area contributed by atoms with Crippen LogP contribution < -0.4 is 19.9 Å². The van der Waals surface area contributed by atoms with Crippen molar-refractivity contribution in [3.8, 4) is 17.2 Å². The zero-order chi connectivity index (χ0) is 22.1. The van der Waals surface area contributed by atoms with Crippen molar-refractivity contribution < 1.29 is 34.1 Å². The molecule has 8 heteroatoms. The molecule has 0 radical (unpaired) electrons. The fourth-order valence-electron chi connectivity index (χ4n) is 2.61. The van der Waals surface area contributed by atoms with E-state index in [0.717, 1.165) is 0 Å². The third kappa shape index (κ3) is 6.51. The second kappa shape index (κ2) is 10.8. The maximum absolute atomic E-state index is 12.2. The molecule has 0 saturated carbocycles. The van der Waals surface area contributed by atoms with E-state index < -0.39 is 30.3 Å². The third-order valence-corrected chi connectivity index (χ3v) is 4.54. The highest BCUT2D eigenvalue weighted by molar-refractivity contribution is 5.99. The van der Waals surface area contributed by atoms with Gasteiger partial charge in [0.05, 0.1) is 17.6 Å². The molecule has 2 atom stereocenters. The number of aliphatic carboxylic acids is 1. The van der Waals surface area contributed by atoms with Crippen LogP contribution in [0.25, 0.3) is 0 Å². The summed E-state index contributed by atoms with van der Waals surface area (Å²) in [5, 5.41) is 23.6. The number of ketones is 1. The molecule has 0 aliphatic heterocycles. The van der Waals surface area contributed by atoms with E-state index in [0.29, 0.717) is 12.2 Å². The number of benzene rings is 2. The van der Waals surface area contributed by atoms with Crippen molar-refractivity contribution in [2.24, 2.45) is 5.92 Å². The molecule has 1 amide bonds. The molecule has 0 aliphatic rings. The highest BCUT2D eigenvalue weighted by Crippen LogP contribution is 2.24. The molecule has 2 aromatic carbocycles. The summed E-state index contributed by atoms with van der Waals surface area (Å²) >= 11 is 0. The van der Waals surface area contributed by atoms with E-state index in [-0.39, 0.29) is 29.6 Å². The largest absolute Gasteiger partial charge is 0.548 e. The van der Waals surface area contributed by atoms with E-state index >= 15 is 0 Å². The summed E-state index contributed by atoms with van der Waals surface area (Å²) in [7, 11) is 0. The van der Waals surface area contributed by atoms with Crippen molar-refractivity contribution in [3.05, 3.63) is 54.1 Å². The van der Waals surface area contributed by atoms with Gasteiger partial charge in [-0.1, -0.05) is 38.5 Å². The minimum atomic E-state index is -1.36. The van der Waals surface area contributed by atoms with Crippen LogP contribution in [-0.2, 0) is 9.59 Å². The van der Waals surface area contributed by atoms with Gasteiger partial charge in [-0.3, -0.25) is 9.59 Å². The molecule has 0 unspecified atom stereocenters. The smallest absolute Gasteiger partial charge is 0.258 e. The van der Waals surface area contributed by atoms with E-state index in [9.17, 15) is 24.6 Å². The Morgan fingerprint density at radius 1 is 1.03 bits per heavy atom. The fourth-order valence-corrected chi connectivity index (χ4v) is 2.61. The Bertz CT molecular complexity index is 882. The number of carboxylic acid groups (broad SMARTS) is 1. The number of amides is 1. The minimum Gasteiger partial charge on any atom is -0.548 e. The van der Waals surface area contributed by atoms with Crippen LogP contribution in [0.1, 0.15) is 30.6 Å². The average molecular weight is 414 g/mol. The topological polar surface area (TPSA) is 125 Å². The number of carbonyl (C=O) groups excluding carboxylic acids is 3. The Morgan fingerprint density at radius 3 is 2.30 bits per heavy atom. The van der Waals surface area contributed by atoms with Gasteiger partial charge in [0.15, 0.2) is 13.2 Å². The predicted octanol–water partition coefficient (Wildman–Crippen LogP) is 1.31. The number of hydrogen-bond donors (Lipinski definition) is 2. The number of para-hydroxylation sites is 1. The van der Waals surface area contributed by atoms with Crippen LogP contribution in [0.4, 0.5) is 0 Å². The maximum atomic E-state index is 12.2. The van der Waals surface area contributed by atoms with E-state index in [1.54, 1.807) is 38.1 Å². The summed E-state index contributed by atoms with van der Waals surface area (Å²) in [4.78, 5) is 35.4. The van der Waals surface area contributed by atoms with E-state index in [1.807, 2.05) is 6.07 Å². The van der Waals surface area contributed by atoms with Gasteiger partial charge in [-0.15, -0.1) is 0 Å². The molecule has 2 aromatic rings. The Hall–Kier alpha value is -3.55. The quantitative estimate of drug-likeness (QED) is 0.531. The lowest BCUT2D eigenvalue weighted by Crippen LogP contribution is -2.52. The van der Waals surface area contributed by atoms with Crippen LogP contribution >= 0.6 is 0 Å². The Morgan fingerprint density at radius 2 is 1.70 bits per heavy atom. The summed E-state index contributed by atoms with van der Waals surface area (Å²) in [6.45, 7) is 2.79. The number of ether oxygens (including phenoxy) is 2. The molecular formula is C22H24NO7-. The van der Waals surface area contributed by atoms with Gasteiger partial charge in [-0.25, -0.2) is 0 Å². The first kappa shape index (κ1) is 22.7. The third-order valence-electron chi connectivity index (χ3n) is 4.54. The zero-order valence-electron chi connectivity index (χ0n) is 16.8. The highest BCUT2D eigenvalue weighted by Gasteiger charge is 2.20. The highest BCUT2D eigenvalue weighted by atomic mass is 16.5. The minimum absolute atomic E-state index is 0.0523. The predicted molar refractivity (Wildman–Crippen MR) is 106 cm³/mol. The molecule has 160 valence electrons. The van der Waals surface area contributed by atoms with Crippen molar-refractivity contribution in [1.29, 1.82) is 0 Å². The van der Waals surface area contributed by atoms with Crippen molar-refractivity contribution in [1.82, 2.24) is 5.32 Å². The van der Waals surface area contributed by atoms with Crippen molar-refractivity contribution >= 4 is 17.7 Å². The van der Waals surface area contributed by atoms with Gasteiger partial charge in [0.1, 0.15) is 17.2 Å². The SMILES string of the molecule is CC[C@@H](C)[C@H](NC(=O)COc1ccc(C(=O)COc2ccccc2)c(O)c1)C(=O)[O-]. The summed E-state index contributed by atoms with van der Waals surface area (Å²) in [5.41, 5.74) is 0.0523. The molecule has 0 saturated heterocycles. The van der Waals surface area contributed by atoms with E-state index in [4.69, 9.17) is 9.47 Å². The molecular weight excluding hydrogens is 390 g/mol. The lowest BCUT2D eigenvalue weighted by Gasteiger charge is -2.25. The van der Waals surface area contributed by atoms with Crippen LogP contribution in [-0.4, -0.2) is 42.0 Å². The molecule has 2 rings (SSSR count). The van der Waals surface area contributed by atoms with E-state index in [2.05, 4.69) is 5.32 Å². The molecule has 0 heterocycles. The fraction of sp³-hybridized carbons (Fsp3) is 0.318. The second-order valence-electron chi connectivity index (χ2n) is 6.74. The van der Waals surface area contributed by atoms with Crippen molar-refractivity contribution in [2.45, 2.75) is 26.3 Å². The first-order chi connectivity index (χ1) is 14.3. The first-order valence-electron chi connectivity index (χ1n) is 9.48. The average Bonchev–Trinajstić information content (AvgIpc) is 2.74. The van der Waals surface area contributed by atoms with Crippen LogP contribution in [0.5, 0.6) is 17.2 Å². The van der Waals surface area contributed by atoms with Crippen LogP contribution in [0.3, 0.4) is 0 Å². The van der Waals surface area contributed by atoms with Gasteiger partial charge in [-0.2, -0.15) is 0 Å². The first-order valence-corrected chi connectivity index (χ1v) is 9.48. The number of nitrogens with one attached hydrogen (secondary N) is 1. The molecule has 0 aliphatic carbocycles. The summed E-state index contributed by atoms with van der Waals surface area (Å²) in [6.07, 6.45) is 0.553. The van der Waals surface area contributed by atoms with Gasteiger partial charge in [0, 0.05) is 6.07 Å². The number of Topliss-reactive ketones (excluding diaryl/α,β-unsaturated/α-hetero) is 1. The Labute approximate surface area is 174 Å². The van der Waals surface area contributed by atoms with Gasteiger partial charge in [-0.05, 0) is 30.2 Å². The summed E-state index contributed by atoms with van der Waals surface area (Å²) < 4.78 is 10.7. The molecule has 0 fully saturated rings. The molecule has 0 bridgehead atoms. The molecule has 30 heavy (non-hydrogen) atoms. The summed E-state index contributed by atoms with van der Waals surface area (Å²) in [6, 6.07) is 11.7. The van der Waals surface area contributed by atoms with Gasteiger partial charge >= 0.3 is 0 Å². The number of phenolic OH excluding ortho intramolecular Hbond substituents is 1. The van der Waals surface area contributed by atoms with Crippen molar-refractivity contribution in [3.63, 3.8) is 0 Å². The number of rotatable bonds is 11. The second-order valence-corrected chi connectivity index (χ2v) is 6.74. The number of aromatic hydroxyl groups is 1. The molecule has 0 spiro atoms. The molecule has 2 N–H and O–H groups in total. The molecule has 8 nitrogen and oxygen atoms in total. The lowest BCUT2D eigenvalue weighted by atomic mass is 9.99. The van der Waals surface area contributed by atoms with Gasteiger partial charge in [0.25, 0.3) is 5.91 Å². The Kier molecular flexibility index (Phi) is 8.22. The van der Waals surface area contributed by atoms with Crippen molar-refractivity contribution in [2.75, 3.05) is 13.2 Å². The lowest BCUT2D eigenvalue weighted by molar-refractivity contribution is -0.309. The standard InChI is InChI=1S/C22H25NO7/c1-3-14(2)21(22(27)28)23-20(26)13-30-16-9-10-17(18(24)11-16)19(25)12-29-15-7-5-4-6-8-15/h4-11,14,21,24H,3,12-13H2,1-2H3,(H,23,26)(H,27,28)/p-1/t14-,21+/m1/s1.